The Morgan fingerprint density at radius 3 is 2.42 bits per heavy atom. The molecule has 140 valence electrons. The highest BCUT2D eigenvalue weighted by molar-refractivity contribution is 7.89. The molecule has 1 saturated heterocycles. The van der Waals surface area contributed by atoms with Crippen molar-refractivity contribution in [2.75, 3.05) is 39.3 Å². The van der Waals surface area contributed by atoms with Gasteiger partial charge in [0.1, 0.15) is 0 Å². The molecule has 0 atom stereocenters. The van der Waals surface area contributed by atoms with Crippen LogP contribution in [0.15, 0.2) is 46.0 Å². The number of benzene rings is 1. The van der Waals surface area contributed by atoms with Gasteiger partial charge in [-0.05, 0) is 35.7 Å². The third-order valence-corrected chi connectivity index (χ3v) is 6.68. The van der Waals surface area contributed by atoms with Gasteiger partial charge in [0.05, 0.1) is 10.5 Å². The monoisotopic (exact) mass is 413 g/mol. The molecule has 0 spiro atoms. The largest absolute Gasteiger partial charge is 0.336 e. The first-order chi connectivity index (χ1) is 12.5. The maximum Gasteiger partial charge on any atom is 0.254 e. The fourth-order valence-electron chi connectivity index (χ4n) is 2.78. The second-order valence-corrected chi connectivity index (χ2v) is 8.98. The Bertz CT molecular complexity index is 831. The lowest BCUT2D eigenvalue weighted by Gasteiger charge is -2.34. The van der Waals surface area contributed by atoms with Crippen molar-refractivity contribution in [3.05, 3.63) is 51.7 Å². The molecule has 2 heterocycles. The van der Waals surface area contributed by atoms with E-state index < -0.39 is 10.0 Å². The van der Waals surface area contributed by atoms with Crippen molar-refractivity contribution in [1.82, 2.24) is 14.5 Å². The van der Waals surface area contributed by atoms with E-state index in [0.29, 0.717) is 31.2 Å². The van der Waals surface area contributed by atoms with Crippen molar-refractivity contribution >= 4 is 38.9 Å². The van der Waals surface area contributed by atoms with Gasteiger partial charge in [0, 0.05) is 49.7 Å². The second-order valence-electron chi connectivity index (χ2n) is 6.00. The maximum absolute atomic E-state index is 12.3. The zero-order chi connectivity index (χ0) is 18.6. The molecule has 1 N–H and O–H groups in total. The highest BCUT2D eigenvalue weighted by Gasteiger charge is 2.22. The first kappa shape index (κ1) is 19.3. The van der Waals surface area contributed by atoms with Crippen LogP contribution >= 0.6 is 22.9 Å². The highest BCUT2D eigenvalue weighted by atomic mass is 35.5. The van der Waals surface area contributed by atoms with E-state index in [1.165, 1.54) is 23.5 Å². The van der Waals surface area contributed by atoms with Crippen LogP contribution in [-0.4, -0.2) is 63.4 Å². The molecule has 0 bridgehead atoms. The smallest absolute Gasteiger partial charge is 0.254 e. The van der Waals surface area contributed by atoms with Crippen molar-refractivity contribution in [1.29, 1.82) is 0 Å². The number of thiophene rings is 1. The third-order valence-electron chi connectivity index (χ3n) is 4.27. The fraction of sp³-hybridized carbons (Fsp3) is 0.353. The van der Waals surface area contributed by atoms with Crippen LogP contribution in [0, 0.1) is 0 Å². The van der Waals surface area contributed by atoms with Gasteiger partial charge >= 0.3 is 0 Å². The molecule has 0 radical (unpaired) electrons. The van der Waals surface area contributed by atoms with Crippen LogP contribution < -0.4 is 4.72 Å². The van der Waals surface area contributed by atoms with E-state index in [1.54, 1.807) is 12.1 Å². The van der Waals surface area contributed by atoms with E-state index in [4.69, 9.17) is 11.6 Å². The Balaban J connectivity index is 1.44. The number of rotatable bonds is 6. The van der Waals surface area contributed by atoms with Crippen molar-refractivity contribution in [2.45, 2.75) is 4.90 Å². The first-order valence-corrected chi connectivity index (χ1v) is 11.1. The number of hydrogen-bond acceptors (Lipinski definition) is 5. The number of carbonyl (C=O) groups is 1. The van der Waals surface area contributed by atoms with E-state index in [9.17, 15) is 13.2 Å². The Hall–Kier alpha value is -1.45. The Morgan fingerprint density at radius 2 is 1.81 bits per heavy atom. The van der Waals surface area contributed by atoms with Gasteiger partial charge in [-0.1, -0.05) is 11.6 Å². The van der Waals surface area contributed by atoms with E-state index in [1.807, 2.05) is 21.7 Å². The minimum absolute atomic E-state index is 0.0642. The molecule has 26 heavy (non-hydrogen) atoms. The molecular formula is C17H20ClN3O3S2. The van der Waals surface area contributed by atoms with Gasteiger partial charge in [-0.3, -0.25) is 9.69 Å². The lowest BCUT2D eigenvalue weighted by atomic mass is 10.2. The van der Waals surface area contributed by atoms with Crippen LogP contribution in [0.2, 0.25) is 5.02 Å². The minimum Gasteiger partial charge on any atom is -0.336 e. The van der Waals surface area contributed by atoms with Gasteiger partial charge in [0.2, 0.25) is 10.0 Å². The van der Waals surface area contributed by atoms with Crippen LogP contribution in [0.4, 0.5) is 0 Å². The Labute approximate surface area is 162 Å². The van der Waals surface area contributed by atoms with E-state index >= 15 is 0 Å². The molecule has 9 heteroatoms. The zero-order valence-corrected chi connectivity index (χ0v) is 16.5. The predicted molar refractivity (Wildman–Crippen MR) is 103 cm³/mol. The number of amides is 1. The van der Waals surface area contributed by atoms with Crippen LogP contribution in [-0.2, 0) is 10.0 Å². The number of nitrogens with zero attached hydrogens (tertiary/aromatic N) is 2. The molecule has 1 amide bonds. The molecule has 0 aliphatic carbocycles. The number of nitrogens with one attached hydrogen (secondary N) is 1. The summed E-state index contributed by atoms with van der Waals surface area (Å²) in [6.07, 6.45) is 0. The Kier molecular flexibility index (Phi) is 6.31. The molecule has 3 rings (SSSR count). The quantitative estimate of drug-likeness (QED) is 0.787. The number of hydrogen-bond donors (Lipinski definition) is 1. The highest BCUT2D eigenvalue weighted by Crippen LogP contribution is 2.14. The lowest BCUT2D eigenvalue weighted by Crippen LogP contribution is -2.50. The molecule has 0 saturated carbocycles. The minimum atomic E-state index is -3.53. The summed E-state index contributed by atoms with van der Waals surface area (Å²) in [6.45, 7) is 3.70. The van der Waals surface area contributed by atoms with Crippen molar-refractivity contribution in [3.63, 3.8) is 0 Å². The average molecular weight is 414 g/mol. The standard InChI is InChI=1S/C17H20ClN3O3S2/c18-15-1-3-16(4-2-15)26(23,24)19-6-7-20-8-10-21(11-9-20)17(22)14-5-12-25-13-14/h1-5,12-13,19H,6-11H2. The van der Waals surface area contributed by atoms with E-state index in [2.05, 4.69) is 9.62 Å². The summed E-state index contributed by atoms with van der Waals surface area (Å²) in [5.41, 5.74) is 0.735. The molecule has 1 fully saturated rings. The van der Waals surface area contributed by atoms with Gasteiger partial charge in [0.25, 0.3) is 5.91 Å². The van der Waals surface area contributed by atoms with E-state index in [-0.39, 0.29) is 10.8 Å². The molecule has 0 unspecified atom stereocenters. The van der Waals surface area contributed by atoms with Gasteiger partial charge in [-0.25, -0.2) is 13.1 Å². The number of halogens is 1. The number of sulfonamides is 1. The molecule has 6 nitrogen and oxygen atoms in total. The van der Waals surface area contributed by atoms with E-state index in [0.717, 1.165) is 18.7 Å². The Morgan fingerprint density at radius 1 is 1.12 bits per heavy atom. The van der Waals surface area contributed by atoms with Gasteiger partial charge in [0.15, 0.2) is 0 Å². The summed E-state index contributed by atoms with van der Waals surface area (Å²) in [6, 6.07) is 7.92. The fourth-order valence-corrected chi connectivity index (χ4v) is 4.56. The summed E-state index contributed by atoms with van der Waals surface area (Å²) in [5.74, 6) is 0.0642. The molecule has 1 aromatic carbocycles. The average Bonchev–Trinajstić information content (AvgIpc) is 3.17. The summed E-state index contributed by atoms with van der Waals surface area (Å²) in [4.78, 5) is 16.5. The topological polar surface area (TPSA) is 69.7 Å². The summed E-state index contributed by atoms with van der Waals surface area (Å²) < 4.78 is 27.1. The SMILES string of the molecule is O=C(c1ccsc1)N1CCN(CCNS(=O)(=O)c2ccc(Cl)cc2)CC1. The van der Waals surface area contributed by atoms with Crippen molar-refractivity contribution in [3.8, 4) is 0 Å². The maximum atomic E-state index is 12.3. The molecule has 1 aromatic heterocycles. The second kappa shape index (κ2) is 8.49. The summed E-state index contributed by atoms with van der Waals surface area (Å²) >= 11 is 7.30. The predicted octanol–water partition coefficient (Wildman–Crippen LogP) is 2.14. The molecule has 1 aliphatic rings. The zero-order valence-electron chi connectivity index (χ0n) is 14.1. The third kappa shape index (κ3) is 4.83. The van der Waals surface area contributed by atoms with Crippen molar-refractivity contribution in [2.24, 2.45) is 0 Å². The van der Waals surface area contributed by atoms with Gasteiger partial charge < -0.3 is 4.90 Å². The van der Waals surface area contributed by atoms with Gasteiger partial charge in [-0.2, -0.15) is 11.3 Å². The number of carbonyl (C=O) groups excluding carboxylic acids is 1. The number of piperazine rings is 1. The van der Waals surface area contributed by atoms with Crippen LogP contribution in [0.25, 0.3) is 0 Å². The van der Waals surface area contributed by atoms with Crippen molar-refractivity contribution < 1.29 is 13.2 Å². The summed E-state index contributed by atoms with van der Waals surface area (Å²) in [7, 11) is -3.53. The van der Waals surface area contributed by atoms with Gasteiger partial charge in [-0.15, -0.1) is 0 Å². The molecular weight excluding hydrogens is 394 g/mol. The lowest BCUT2D eigenvalue weighted by molar-refractivity contribution is 0.0640. The van der Waals surface area contributed by atoms with Crippen LogP contribution in [0.3, 0.4) is 0 Å². The van der Waals surface area contributed by atoms with Crippen LogP contribution in [0.1, 0.15) is 10.4 Å². The summed E-state index contributed by atoms with van der Waals surface area (Å²) in [5, 5.41) is 4.26. The molecule has 1 aliphatic heterocycles. The first-order valence-electron chi connectivity index (χ1n) is 8.25. The normalized spacial score (nSPS) is 16.0. The van der Waals surface area contributed by atoms with Crippen LogP contribution in [0.5, 0.6) is 0 Å². The molecule has 2 aromatic rings.